The maximum Gasteiger partial charge on any atom is 0.330 e. The molecule has 0 bridgehead atoms. The molecule has 1 fully saturated rings. The van der Waals surface area contributed by atoms with Gasteiger partial charge >= 0.3 is 5.69 Å². The van der Waals surface area contributed by atoms with E-state index in [2.05, 4.69) is 20.6 Å². The van der Waals surface area contributed by atoms with Crippen molar-refractivity contribution >= 4 is 34.8 Å². The summed E-state index contributed by atoms with van der Waals surface area (Å²) in [5, 5.41) is 16.7. The number of nitrogens with zero attached hydrogens (tertiary/aromatic N) is 4. The molecular weight excluding hydrogens is 611 g/mol. The molecule has 3 N–H and O–H groups in total. The Labute approximate surface area is 262 Å². The zero-order chi connectivity index (χ0) is 31.5. The highest BCUT2D eigenvalue weighted by molar-refractivity contribution is 6.39. The first-order valence-corrected chi connectivity index (χ1v) is 14.4. The largest absolute Gasteiger partial charge is 0.481 e. The second-order valence-corrected chi connectivity index (χ2v) is 11.0. The third-order valence-electron chi connectivity index (χ3n) is 7.37. The third-order valence-corrected chi connectivity index (χ3v) is 8.18. The number of aromatic nitrogens is 4. The number of aliphatic hydroxyl groups excluding tert-OH is 1. The van der Waals surface area contributed by atoms with Gasteiger partial charge in [-0.25, -0.2) is 9.78 Å². The molecule has 12 nitrogen and oxygen atoms in total. The molecule has 0 spiro atoms. The van der Waals surface area contributed by atoms with Crippen LogP contribution in [0.25, 0.3) is 22.5 Å². The lowest BCUT2D eigenvalue weighted by Gasteiger charge is -2.28. The number of hydrogen-bond donors (Lipinski definition) is 3. The minimum absolute atomic E-state index is 0.115. The molecule has 0 saturated carbocycles. The number of halogens is 2. The summed E-state index contributed by atoms with van der Waals surface area (Å²) in [6.07, 6.45) is 2.91. The van der Waals surface area contributed by atoms with Crippen molar-refractivity contribution < 1.29 is 19.4 Å². The molecule has 3 heterocycles. The van der Waals surface area contributed by atoms with Crippen LogP contribution in [0.5, 0.6) is 5.88 Å². The number of aliphatic hydroxyl groups is 1. The number of nitrogens with one attached hydrogen (secondary N) is 2. The van der Waals surface area contributed by atoms with Crippen LogP contribution in [-0.4, -0.2) is 62.6 Å². The summed E-state index contributed by atoms with van der Waals surface area (Å²) in [6.45, 7) is 1.25. The van der Waals surface area contributed by atoms with Crippen molar-refractivity contribution in [3.8, 4) is 28.4 Å². The summed E-state index contributed by atoms with van der Waals surface area (Å²) >= 11 is 13.6. The highest BCUT2D eigenvalue weighted by Crippen LogP contribution is 2.41. The molecule has 0 unspecified atom stereocenters. The Kier molecular flexibility index (Phi) is 9.47. The normalized spacial score (nSPS) is 16.5. The van der Waals surface area contributed by atoms with Gasteiger partial charge in [-0.05, 0) is 18.6 Å². The maximum atomic E-state index is 13.0. The second-order valence-electron chi connectivity index (χ2n) is 10.2. The Morgan fingerprint density at radius 3 is 2.55 bits per heavy atom. The van der Waals surface area contributed by atoms with Gasteiger partial charge in [0.15, 0.2) is 5.82 Å². The number of rotatable bonds is 8. The lowest BCUT2D eigenvalue weighted by molar-refractivity contribution is -0.0281. The predicted octanol–water partition coefficient (Wildman–Crippen LogP) is 3.02. The Morgan fingerprint density at radius 2 is 1.82 bits per heavy atom. The molecule has 1 aliphatic heterocycles. The van der Waals surface area contributed by atoms with Crippen LogP contribution >= 0.6 is 23.2 Å². The van der Waals surface area contributed by atoms with Gasteiger partial charge in [0.1, 0.15) is 5.56 Å². The van der Waals surface area contributed by atoms with Crippen molar-refractivity contribution in [2.75, 3.05) is 25.6 Å². The van der Waals surface area contributed by atoms with Gasteiger partial charge in [-0.1, -0.05) is 47.5 Å². The number of ether oxygens (including phenoxy) is 2. The van der Waals surface area contributed by atoms with Crippen LogP contribution in [0.2, 0.25) is 10.0 Å². The van der Waals surface area contributed by atoms with Crippen LogP contribution in [0.3, 0.4) is 0 Å². The van der Waals surface area contributed by atoms with Gasteiger partial charge in [0.25, 0.3) is 11.5 Å². The number of benzene rings is 2. The fourth-order valence-corrected chi connectivity index (χ4v) is 5.51. The van der Waals surface area contributed by atoms with Crippen LogP contribution in [0.4, 0.5) is 5.69 Å². The molecule has 230 valence electrons. The fourth-order valence-electron chi connectivity index (χ4n) is 4.92. The molecular formula is C30H30Cl2N6O6. The van der Waals surface area contributed by atoms with Crippen LogP contribution in [-0.2, 0) is 25.4 Å². The SMILES string of the molecule is COc1nc(-c2cccc(-c3cccc(NC(=O)c4cn(C)c(=O)n(C)c4=O)c3Cl)c2Cl)ncc1CN[C@@H]1CCOC[C@@H]1O. The minimum Gasteiger partial charge on any atom is -0.481 e. The van der Waals surface area contributed by atoms with Gasteiger partial charge in [-0.2, -0.15) is 4.98 Å². The smallest absolute Gasteiger partial charge is 0.330 e. The number of aryl methyl sites for hydroxylation is 1. The second kappa shape index (κ2) is 13.3. The van der Waals surface area contributed by atoms with E-state index in [0.29, 0.717) is 58.6 Å². The number of hydrogen-bond acceptors (Lipinski definition) is 9. The molecule has 2 aromatic carbocycles. The van der Waals surface area contributed by atoms with Crippen molar-refractivity contribution in [1.82, 2.24) is 24.4 Å². The summed E-state index contributed by atoms with van der Waals surface area (Å²) < 4.78 is 12.8. The molecule has 5 rings (SSSR count). The van der Waals surface area contributed by atoms with Gasteiger partial charge < -0.3 is 29.8 Å². The standard InChI is InChI=1S/C30H30Cl2N6O6/c1-37-14-20(29(41)38(2)30(37)42)27(40)35-22-9-5-7-18(25(22)32)17-6-4-8-19(24(17)31)26-34-13-16(28(36-26)43-3)12-33-21-10-11-44-15-23(21)39/h4-9,13-14,21,23,33,39H,10-12,15H2,1-3H3,(H,35,40)/t21-,23+/m1/s1. The molecule has 4 aromatic rings. The van der Waals surface area contributed by atoms with E-state index in [0.717, 1.165) is 9.13 Å². The molecule has 14 heteroatoms. The van der Waals surface area contributed by atoms with Crippen LogP contribution in [0.15, 0.2) is 58.4 Å². The highest BCUT2D eigenvalue weighted by Gasteiger charge is 2.24. The third kappa shape index (κ3) is 6.26. The van der Waals surface area contributed by atoms with E-state index in [-0.39, 0.29) is 28.9 Å². The minimum atomic E-state index is -0.730. The Hall–Kier alpha value is -4.07. The molecule has 0 aliphatic carbocycles. The molecule has 2 atom stereocenters. The van der Waals surface area contributed by atoms with E-state index >= 15 is 0 Å². The van der Waals surface area contributed by atoms with Crippen molar-refractivity contribution in [1.29, 1.82) is 0 Å². The molecule has 2 aromatic heterocycles. The van der Waals surface area contributed by atoms with Crippen molar-refractivity contribution in [3.63, 3.8) is 0 Å². The Morgan fingerprint density at radius 1 is 1.11 bits per heavy atom. The van der Waals surface area contributed by atoms with E-state index in [1.807, 2.05) is 0 Å². The summed E-state index contributed by atoms with van der Waals surface area (Å²) in [5.41, 5.74) is 1.07. The number of carbonyl (C=O) groups is 1. The summed E-state index contributed by atoms with van der Waals surface area (Å²) in [6, 6.07) is 10.2. The first-order chi connectivity index (χ1) is 21.1. The number of anilines is 1. The summed E-state index contributed by atoms with van der Waals surface area (Å²) in [4.78, 5) is 46.7. The number of amides is 1. The average molecular weight is 642 g/mol. The van der Waals surface area contributed by atoms with E-state index in [1.54, 1.807) is 42.6 Å². The quantitative estimate of drug-likeness (QED) is 0.264. The van der Waals surface area contributed by atoms with E-state index in [9.17, 15) is 19.5 Å². The molecule has 0 radical (unpaired) electrons. The van der Waals surface area contributed by atoms with Crippen LogP contribution in [0, 0.1) is 0 Å². The summed E-state index contributed by atoms with van der Waals surface area (Å²) in [5.74, 6) is -0.0333. The van der Waals surface area contributed by atoms with Gasteiger partial charge in [0.05, 0.1) is 35.6 Å². The monoisotopic (exact) mass is 640 g/mol. The zero-order valence-electron chi connectivity index (χ0n) is 24.1. The molecule has 1 amide bonds. The molecule has 44 heavy (non-hydrogen) atoms. The van der Waals surface area contributed by atoms with E-state index in [1.165, 1.54) is 27.4 Å². The van der Waals surface area contributed by atoms with E-state index in [4.69, 9.17) is 32.7 Å². The Bertz CT molecular complexity index is 1840. The Balaban J connectivity index is 1.42. The first-order valence-electron chi connectivity index (χ1n) is 13.7. The van der Waals surface area contributed by atoms with Crippen LogP contribution < -0.4 is 26.6 Å². The van der Waals surface area contributed by atoms with Gasteiger partial charge in [0, 0.05) is 67.9 Å². The predicted molar refractivity (Wildman–Crippen MR) is 166 cm³/mol. The lowest BCUT2D eigenvalue weighted by Crippen LogP contribution is -2.46. The topological polar surface area (TPSA) is 150 Å². The zero-order valence-corrected chi connectivity index (χ0v) is 25.6. The van der Waals surface area contributed by atoms with Crippen molar-refractivity contribution in [2.24, 2.45) is 14.1 Å². The van der Waals surface area contributed by atoms with Gasteiger partial charge in [-0.15, -0.1) is 0 Å². The highest BCUT2D eigenvalue weighted by atomic mass is 35.5. The van der Waals surface area contributed by atoms with Gasteiger partial charge in [-0.3, -0.25) is 14.2 Å². The first kappa shape index (κ1) is 31.4. The number of methoxy groups -OCH3 is 1. The summed E-state index contributed by atoms with van der Waals surface area (Å²) in [7, 11) is 4.26. The maximum absolute atomic E-state index is 13.0. The van der Waals surface area contributed by atoms with Gasteiger partial charge in [0.2, 0.25) is 5.88 Å². The van der Waals surface area contributed by atoms with Crippen LogP contribution in [0.1, 0.15) is 22.3 Å². The number of carbonyl (C=O) groups excluding carboxylic acids is 1. The fraction of sp³-hybridized carbons (Fsp3) is 0.300. The van der Waals surface area contributed by atoms with E-state index < -0.39 is 23.3 Å². The average Bonchev–Trinajstić information content (AvgIpc) is 3.02. The molecule has 1 aliphatic rings. The van der Waals surface area contributed by atoms with Crippen molar-refractivity contribution in [2.45, 2.75) is 25.1 Å². The van der Waals surface area contributed by atoms with Crippen molar-refractivity contribution in [3.05, 3.63) is 90.8 Å². The lowest BCUT2D eigenvalue weighted by atomic mass is 10.0. The molecule has 1 saturated heterocycles.